The van der Waals surface area contributed by atoms with Gasteiger partial charge in [0.15, 0.2) is 17.5 Å². The van der Waals surface area contributed by atoms with E-state index in [1.807, 2.05) is 72.0 Å². The van der Waals surface area contributed by atoms with E-state index >= 15 is 0 Å². The number of rotatable bonds is 5. The van der Waals surface area contributed by atoms with E-state index in [4.69, 9.17) is 19.4 Å². The topological polar surface area (TPSA) is 51.8 Å². The van der Waals surface area contributed by atoms with Crippen molar-refractivity contribution in [3.63, 3.8) is 0 Å². The first-order valence-electron chi connectivity index (χ1n) is 16.6. The van der Waals surface area contributed by atoms with Gasteiger partial charge in [-0.1, -0.05) is 121 Å². The van der Waals surface area contributed by atoms with Crippen LogP contribution in [0.25, 0.3) is 98.5 Å². The molecule has 5 heteroatoms. The largest absolute Gasteiger partial charge is 0.456 e. The van der Waals surface area contributed by atoms with Gasteiger partial charge in [0.1, 0.15) is 11.2 Å². The highest BCUT2D eigenvalue weighted by atomic mass is 32.1. The molecule has 7 aromatic carbocycles. The summed E-state index contributed by atoms with van der Waals surface area (Å²) in [7, 11) is 0. The molecule has 0 fully saturated rings. The first-order valence-corrected chi connectivity index (χ1v) is 17.4. The molecule has 0 unspecified atom stereocenters. The van der Waals surface area contributed by atoms with Crippen molar-refractivity contribution in [3.8, 4) is 56.4 Å². The van der Waals surface area contributed by atoms with Crippen molar-refractivity contribution in [3.05, 3.63) is 164 Å². The predicted molar refractivity (Wildman–Crippen MR) is 207 cm³/mol. The quantitative estimate of drug-likeness (QED) is 0.185. The fraction of sp³-hybridized carbons (Fsp3) is 0. The average Bonchev–Trinajstić information content (AvgIpc) is 3.76. The summed E-state index contributed by atoms with van der Waals surface area (Å²) >= 11 is 1.85. The average molecular weight is 658 g/mol. The van der Waals surface area contributed by atoms with Gasteiger partial charge in [0, 0.05) is 47.6 Å². The normalized spacial score (nSPS) is 11.6. The zero-order valence-corrected chi connectivity index (χ0v) is 27.6. The van der Waals surface area contributed by atoms with Gasteiger partial charge in [0.2, 0.25) is 0 Å². The molecule has 0 aliphatic heterocycles. The lowest BCUT2D eigenvalue weighted by Crippen LogP contribution is -2.00. The van der Waals surface area contributed by atoms with Crippen LogP contribution in [-0.4, -0.2) is 15.0 Å². The third kappa shape index (κ3) is 4.87. The van der Waals surface area contributed by atoms with Crippen molar-refractivity contribution in [2.45, 2.75) is 0 Å². The number of furan rings is 1. The standard InChI is InChI=1S/C45H27N3OS/c1-4-12-28(13-5-1)33-25-36(42-35-18-10-11-19-40(35)50-41(42)27-33)31-21-23-38-37(24-31)34-22-20-32(26-39(34)49-38)45-47-43(29-14-6-2-7-15-29)46-44(48-45)30-16-8-3-9-17-30/h1-27H. The minimum atomic E-state index is 0.602. The van der Waals surface area contributed by atoms with Crippen LogP contribution in [0.15, 0.2) is 168 Å². The highest BCUT2D eigenvalue weighted by molar-refractivity contribution is 7.26. The first kappa shape index (κ1) is 28.6. The van der Waals surface area contributed by atoms with Gasteiger partial charge < -0.3 is 4.42 Å². The highest BCUT2D eigenvalue weighted by Gasteiger charge is 2.17. The Morgan fingerprint density at radius 1 is 0.360 bits per heavy atom. The van der Waals surface area contributed by atoms with E-state index in [1.165, 1.54) is 36.9 Å². The van der Waals surface area contributed by atoms with Crippen LogP contribution in [-0.2, 0) is 0 Å². The third-order valence-electron chi connectivity index (χ3n) is 9.33. The Labute approximate surface area is 292 Å². The van der Waals surface area contributed by atoms with Crippen molar-refractivity contribution in [2.75, 3.05) is 0 Å². The molecule has 0 aliphatic rings. The van der Waals surface area contributed by atoms with Crippen LogP contribution in [0, 0.1) is 0 Å². The smallest absolute Gasteiger partial charge is 0.164 e. The minimum Gasteiger partial charge on any atom is -0.456 e. The Bertz CT molecular complexity index is 2800. The molecule has 0 saturated heterocycles. The molecule has 0 spiro atoms. The molecule has 0 aliphatic carbocycles. The van der Waals surface area contributed by atoms with Crippen molar-refractivity contribution >= 4 is 53.4 Å². The molecule has 234 valence electrons. The van der Waals surface area contributed by atoms with Crippen molar-refractivity contribution in [1.29, 1.82) is 0 Å². The SMILES string of the molecule is c1ccc(-c2cc(-c3ccc4oc5cc(-c6nc(-c7ccccc7)nc(-c7ccccc7)n6)ccc5c4c3)c3c(c2)sc2ccccc23)cc1. The lowest BCUT2D eigenvalue weighted by molar-refractivity contribution is 0.669. The highest BCUT2D eigenvalue weighted by Crippen LogP contribution is 2.44. The maximum Gasteiger partial charge on any atom is 0.164 e. The van der Waals surface area contributed by atoms with Gasteiger partial charge in [-0.25, -0.2) is 15.0 Å². The predicted octanol–water partition coefficient (Wildman–Crippen LogP) is 12.5. The van der Waals surface area contributed by atoms with Gasteiger partial charge >= 0.3 is 0 Å². The van der Waals surface area contributed by atoms with Gasteiger partial charge in [-0.15, -0.1) is 11.3 Å². The molecular formula is C45H27N3OS. The summed E-state index contributed by atoms with van der Waals surface area (Å²) in [5, 5.41) is 4.70. The molecule has 0 radical (unpaired) electrons. The number of nitrogens with zero attached hydrogens (tertiary/aromatic N) is 3. The van der Waals surface area contributed by atoms with Crippen LogP contribution in [0.5, 0.6) is 0 Å². The van der Waals surface area contributed by atoms with Gasteiger partial charge in [-0.3, -0.25) is 0 Å². The van der Waals surface area contributed by atoms with E-state index in [1.54, 1.807) is 0 Å². The van der Waals surface area contributed by atoms with Crippen molar-refractivity contribution < 1.29 is 4.42 Å². The molecule has 10 aromatic rings. The summed E-state index contributed by atoms with van der Waals surface area (Å²) in [6.45, 7) is 0. The Morgan fingerprint density at radius 2 is 0.960 bits per heavy atom. The Balaban J connectivity index is 1.13. The molecule has 50 heavy (non-hydrogen) atoms. The summed E-state index contributed by atoms with van der Waals surface area (Å²) < 4.78 is 9.08. The Hall–Kier alpha value is -6.43. The molecule has 0 amide bonds. The first-order chi connectivity index (χ1) is 24.7. The van der Waals surface area contributed by atoms with E-state index in [9.17, 15) is 0 Å². The molecular weight excluding hydrogens is 631 g/mol. The number of aromatic nitrogens is 3. The number of fused-ring (bicyclic) bond motifs is 6. The van der Waals surface area contributed by atoms with Gasteiger partial charge in [0.05, 0.1) is 0 Å². The fourth-order valence-electron chi connectivity index (χ4n) is 6.90. The number of hydrogen-bond donors (Lipinski definition) is 0. The lowest BCUT2D eigenvalue weighted by Gasteiger charge is -2.10. The van der Waals surface area contributed by atoms with E-state index in [2.05, 4.69) is 103 Å². The lowest BCUT2D eigenvalue weighted by atomic mass is 9.94. The fourth-order valence-corrected chi connectivity index (χ4v) is 8.07. The third-order valence-corrected chi connectivity index (χ3v) is 10.4. The number of thiophene rings is 1. The van der Waals surface area contributed by atoms with Crippen LogP contribution in [0.3, 0.4) is 0 Å². The Morgan fingerprint density at radius 3 is 1.66 bits per heavy atom. The monoisotopic (exact) mass is 657 g/mol. The van der Waals surface area contributed by atoms with E-state index in [0.29, 0.717) is 17.5 Å². The Kier molecular flexibility index (Phi) is 6.64. The summed E-state index contributed by atoms with van der Waals surface area (Å²) in [4.78, 5) is 14.7. The summed E-state index contributed by atoms with van der Waals surface area (Å²) in [6.07, 6.45) is 0. The molecule has 3 aromatic heterocycles. The molecule has 0 atom stereocenters. The van der Waals surface area contributed by atoms with Crippen LogP contribution < -0.4 is 0 Å². The van der Waals surface area contributed by atoms with Gasteiger partial charge in [0.25, 0.3) is 0 Å². The summed E-state index contributed by atoms with van der Waals surface area (Å²) in [6, 6.07) is 56.9. The van der Waals surface area contributed by atoms with Crippen LogP contribution in [0.4, 0.5) is 0 Å². The second-order valence-corrected chi connectivity index (χ2v) is 13.5. The van der Waals surface area contributed by atoms with Crippen LogP contribution >= 0.6 is 11.3 Å². The second kappa shape index (κ2) is 11.6. The maximum absolute atomic E-state index is 6.50. The van der Waals surface area contributed by atoms with Crippen molar-refractivity contribution in [1.82, 2.24) is 15.0 Å². The van der Waals surface area contributed by atoms with Gasteiger partial charge in [-0.05, 0) is 64.7 Å². The number of benzene rings is 7. The molecule has 4 nitrogen and oxygen atoms in total. The maximum atomic E-state index is 6.50. The van der Waals surface area contributed by atoms with Gasteiger partial charge in [-0.2, -0.15) is 0 Å². The molecule has 0 bridgehead atoms. The minimum absolute atomic E-state index is 0.602. The van der Waals surface area contributed by atoms with E-state index in [-0.39, 0.29) is 0 Å². The van der Waals surface area contributed by atoms with Crippen LogP contribution in [0.1, 0.15) is 0 Å². The second-order valence-electron chi connectivity index (χ2n) is 12.4. The zero-order valence-electron chi connectivity index (χ0n) is 26.7. The van der Waals surface area contributed by atoms with Crippen LogP contribution in [0.2, 0.25) is 0 Å². The summed E-state index contributed by atoms with van der Waals surface area (Å²) in [5.74, 6) is 1.87. The number of hydrogen-bond acceptors (Lipinski definition) is 5. The van der Waals surface area contributed by atoms with E-state index in [0.717, 1.165) is 44.2 Å². The molecule has 10 rings (SSSR count). The molecule has 3 heterocycles. The molecule has 0 N–H and O–H groups in total. The van der Waals surface area contributed by atoms with E-state index < -0.39 is 0 Å². The summed E-state index contributed by atoms with van der Waals surface area (Å²) in [5.41, 5.74) is 9.19. The molecule has 0 saturated carbocycles. The van der Waals surface area contributed by atoms with Crippen molar-refractivity contribution in [2.24, 2.45) is 0 Å². The zero-order chi connectivity index (χ0) is 33.0.